The first-order chi connectivity index (χ1) is 13.0. The number of hydrogen-bond donors (Lipinski definition) is 0. The summed E-state index contributed by atoms with van der Waals surface area (Å²) in [6, 6.07) is 23.0. The molecular weight excluding hydrogens is 492 g/mol. The molecule has 0 aliphatic carbocycles. The molecule has 1 aromatic heterocycles. The molecular formula is C20H19NO3SSe2. The van der Waals surface area contributed by atoms with Crippen LogP contribution < -0.4 is 22.4 Å². The standard InChI is InChI=1S/C20H19NO3SSe2/c22-25(23,24)13-7-12-21-15-19(26-17-8-3-1-4-9-17)14-20(16-21)27-18-10-5-2-6-11-18/h1-6,8-11,14-16H,7,12-13H2. The molecule has 0 fully saturated rings. The Hall–Kier alpha value is -1.46. The fourth-order valence-corrected chi connectivity index (χ4v) is 7.30. The van der Waals surface area contributed by atoms with Crippen molar-refractivity contribution in [2.45, 2.75) is 13.0 Å². The molecule has 3 rings (SSSR count). The number of aromatic nitrogens is 1. The molecule has 0 atom stereocenters. The second kappa shape index (κ2) is 9.65. The van der Waals surface area contributed by atoms with E-state index in [-0.39, 0.29) is 35.7 Å². The van der Waals surface area contributed by atoms with Crippen LogP contribution in [-0.2, 0) is 16.7 Å². The minimum atomic E-state index is -4.17. The van der Waals surface area contributed by atoms with Gasteiger partial charge in [-0.15, -0.1) is 0 Å². The van der Waals surface area contributed by atoms with Gasteiger partial charge >= 0.3 is 173 Å². The van der Waals surface area contributed by atoms with Crippen LogP contribution in [0.25, 0.3) is 0 Å². The summed E-state index contributed by atoms with van der Waals surface area (Å²) in [5, 5.41) is 0. The van der Waals surface area contributed by atoms with Crippen LogP contribution >= 0.6 is 0 Å². The average molecular weight is 511 g/mol. The third-order valence-corrected chi connectivity index (χ3v) is 8.48. The number of pyridine rings is 1. The third-order valence-electron chi connectivity index (χ3n) is 3.64. The molecule has 2 aromatic carbocycles. The van der Waals surface area contributed by atoms with Gasteiger partial charge in [0.1, 0.15) is 0 Å². The van der Waals surface area contributed by atoms with Crippen molar-refractivity contribution in [3.63, 3.8) is 0 Å². The van der Waals surface area contributed by atoms with Gasteiger partial charge in [0.15, 0.2) is 0 Å². The first kappa shape index (κ1) is 20.3. The number of aryl methyl sites for hydroxylation is 1. The van der Waals surface area contributed by atoms with Crippen LogP contribution in [0.4, 0.5) is 0 Å². The molecule has 0 amide bonds. The molecule has 0 bridgehead atoms. The Bertz CT molecular complexity index is 921. The van der Waals surface area contributed by atoms with Gasteiger partial charge in [-0.05, 0) is 0 Å². The summed E-state index contributed by atoms with van der Waals surface area (Å²) >= 11 is 0.354. The van der Waals surface area contributed by atoms with Crippen molar-refractivity contribution < 1.29 is 17.5 Å². The van der Waals surface area contributed by atoms with E-state index in [1.807, 2.05) is 41.0 Å². The third kappa shape index (κ3) is 7.22. The SMILES string of the molecule is O=S(=O)([O-])CCC[n+]1cc([Se]c2ccccc2)cc([Se]c2ccccc2)c1. The van der Waals surface area contributed by atoms with E-state index < -0.39 is 10.1 Å². The van der Waals surface area contributed by atoms with Gasteiger partial charge in [0.25, 0.3) is 0 Å². The van der Waals surface area contributed by atoms with E-state index >= 15 is 0 Å². The van der Waals surface area contributed by atoms with E-state index in [1.165, 1.54) is 17.8 Å². The Labute approximate surface area is 172 Å². The quantitative estimate of drug-likeness (QED) is 0.227. The van der Waals surface area contributed by atoms with Crippen LogP contribution in [0.5, 0.6) is 0 Å². The predicted octanol–water partition coefficient (Wildman–Crippen LogP) is -0.781. The van der Waals surface area contributed by atoms with E-state index in [1.54, 1.807) is 0 Å². The molecule has 27 heavy (non-hydrogen) atoms. The second-order valence-electron chi connectivity index (χ2n) is 5.89. The van der Waals surface area contributed by atoms with Gasteiger partial charge in [0, 0.05) is 0 Å². The van der Waals surface area contributed by atoms with Crippen LogP contribution in [0.1, 0.15) is 6.42 Å². The van der Waals surface area contributed by atoms with Crippen molar-refractivity contribution >= 4 is 57.9 Å². The van der Waals surface area contributed by atoms with Gasteiger partial charge in [-0.2, -0.15) is 0 Å². The Morgan fingerprint density at radius 3 is 1.70 bits per heavy atom. The molecule has 0 aliphatic rings. The molecule has 0 aliphatic heterocycles. The van der Waals surface area contributed by atoms with Crippen molar-refractivity contribution in [3.05, 3.63) is 79.1 Å². The summed E-state index contributed by atoms with van der Waals surface area (Å²) < 4.78 is 39.7. The first-order valence-corrected chi connectivity index (χ1v) is 13.4. The summed E-state index contributed by atoms with van der Waals surface area (Å²) in [4.78, 5) is 0. The zero-order chi connectivity index (χ0) is 19.1. The summed E-state index contributed by atoms with van der Waals surface area (Å²) in [5.41, 5.74) is 0. The van der Waals surface area contributed by atoms with Gasteiger partial charge in [0.2, 0.25) is 0 Å². The molecule has 0 N–H and O–H groups in total. The molecule has 7 heteroatoms. The average Bonchev–Trinajstić information content (AvgIpc) is 2.62. The van der Waals surface area contributed by atoms with Crippen LogP contribution in [0.3, 0.4) is 0 Å². The van der Waals surface area contributed by atoms with Gasteiger partial charge in [-0.25, -0.2) is 0 Å². The fraction of sp³-hybridized carbons (Fsp3) is 0.150. The zero-order valence-corrected chi connectivity index (χ0v) is 18.8. The number of rotatable bonds is 8. The first-order valence-electron chi connectivity index (χ1n) is 8.41. The topological polar surface area (TPSA) is 61.1 Å². The van der Waals surface area contributed by atoms with E-state index in [0.717, 1.165) is 0 Å². The van der Waals surface area contributed by atoms with Crippen molar-refractivity contribution in [2.24, 2.45) is 0 Å². The minimum absolute atomic E-state index is 0.177. The van der Waals surface area contributed by atoms with Crippen molar-refractivity contribution in [1.29, 1.82) is 0 Å². The van der Waals surface area contributed by atoms with Crippen LogP contribution in [-0.4, -0.2) is 48.6 Å². The molecule has 0 spiro atoms. The summed E-state index contributed by atoms with van der Waals surface area (Å²) in [7, 11) is -4.17. The van der Waals surface area contributed by atoms with Crippen LogP contribution in [0.2, 0.25) is 0 Å². The maximum atomic E-state index is 10.9. The zero-order valence-electron chi connectivity index (χ0n) is 14.5. The molecule has 0 unspecified atom stereocenters. The number of nitrogens with zero attached hydrogens (tertiary/aromatic N) is 1. The van der Waals surface area contributed by atoms with Gasteiger partial charge in [0.05, 0.1) is 0 Å². The normalized spacial score (nSPS) is 11.4. The Kier molecular flexibility index (Phi) is 7.25. The van der Waals surface area contributed by atoms with Gasteiger partial charge in [-0.1, -0.05) is 0 Å². The molecule has 140 valence electrons. The number of benzene rings is 2. The summed E-state index contributed by atoms with van der Waals surface area (Å²) in [5.74, 6) is -0.326. The predicted molar refractivity (Wildman–Crippen MR) is 109 cm³/mol. The monoisotopic (exact) mass is 513 g/mol. The molecule has 0 saturated heterocycles. The van der Waals surface area contributed by atoms with Crippen LogP contribution in [0.15, 0.2) is 79.1 Å². The molecule has 0 saturated carbocycles. The van der Waals surface area contributed by atoms with E-state index in [4.69, 9.17) is 0 Å². The van der Waals surface area contributed by atoms with E-state index in [0.29, 0.717) is 13.0 Å². The Balaban J connectivity index is 1.82. The number of hydrogen-bond acceptors (Lipinski definition) is 3. The van der Waals surface area contributed by atoms with E-state index in [2.05, 4.69) is 42.7 Å². The van der Waals surface area contributed by atoms with Crippen molar-refractivity contribution in [3.8, 4) is 0 Å². The fourth-order valence-electron chi connectivity index (χ4n) is 2.49. The molecule has 3 aromatic rings. The molecule has 1 heterocycles. The molecule has 0 radical (unpaired) electrons. The second-order valence-corrected chi connectivity index (χ2v) is 12.2. The van der Waals surface area contributed by atoms with Crippen molar-refractivity contribution in [2.75, 3.05) is 5.75 Å². The Morgan fingerprint density at radius 2 is 1.26 bits per heavy atom. The van der Waals surface area contributed by atoms with Gasteiger partial charge < -0.3 is 0 Å². The Morgan fingerprint density at radius 1 is 0.778 bits per heavy atom. The van der Waals surface area contributed by atoms with Gasteiger partial charge in [-0.3, -0.25) is 0 Å². The van der Waals surface area contributed by atoms with Crippen molar-refractivity contribution in [1.82, 2.24) is 0 Å². The molecule has 4 nitrogen and oxygen atoms in total. The summed E-state index contributed by atoms with van der Waals surface area (Å²) in [6.45, 7) is 0.526. The van der Waals surface area contributed by atoms with E-state index in [9.17, 15) is 13.0 Å². The van der Waals surface area contributed by atoms with Crippen LogP contribution in [0, 0.1) is 0 Å². The maximum absolute atomic E-state index is 10.9. The summed E-state index contributed by atoms with van der Waals surface area (Å²) in [6.07, 6.45) is 4.49.